The van der Waals surface area contributed by atoms with Crippen molar-refractivity contribution in [2.75, 3.05) is 13.2 Å². The number of benzene rings is 3. The van der Waals surface area contributed by atoms with Crippen molar-refractivity contribution in [1.82, 2.24) is 10.5 Å². The molecule has 0 aliphatic heterocycles. The van der Waals surface area contributed by atoms with E-state index in [-0.39, 0.29) is 12.3 Å². The Labute approximate surface area is 239 Å². The summed E-state index contributed by atoms with van der Waals surface area (Å²) in [5.41, 5.74) is 2.56. The van der Waals surface area contributed by atoms with Crippen LogP contribution >= 0.6 is 0 Å². The second kappa shape index (κ2) is 22.6. The van der Waals surface area contributed by atoms with Crippen LogP contribution in [0.2, 0.25) is 0 Å². The van der Waals surface area contributed by atoms with Crippen LogP contribution in [0.25, 0.3) is 22.6 Å². The number of carboxylic acid groups (broad SMARTS) is 1. The lowest BCUT2D eigenvalue weighted by atomic mass is 10.0. The van der Waals surface area contributed by atoms with Crippen LogP contribution in [-0.2, 0) is 4.79 Å². The maximum Gasteiger partial charge on any atom is 0.303 e. The number of para-hydroxylation sites is 1. The lowest BCUT2D eigenvalue weighted by Gasteiger charge is -2.09. The number of carbonyl (C=O) groups excluding carboxylic acids is 1. The van der Waals surface area contributed by atoms with Crippen molar-refractivity contribution in [3.8, 4) is 28.3 Å². The summed E-state index contributed by atoms with van der Waals surface area (Å²) >= 11 is 0. The second-order valence-corrected chi connectivity index (χ2v) is 7.13. The number of carbonyl (C=O) groups is 2. The summed E-state index contributed by atoms with van der Waals surface area (Å²) in [7, 11) is 0. The highest BCUT2D eigenvalue weighted by Gasteiger charge is 2.24. The highest BCUT2D eigenvalue weighted by Crippen LogP contribution is 2.32. The van der Waals surface area contributed by atoms with E-state index in [9.17, 15) is 9.59 Å². The van der Waals surface area contributed by atoms with Crippen LogP contribution in [0.4, 0.5) is 0 Å². The second-order valence-electron chi connectivity index (χ2n) is 7.13. The SMILES string of the molecule is CC.CC.CC.CCC(=O)O.O=C(NCCOc1ccccc1)c1c(-c2ccccc2)noc1-c1ccccc1. The summed E-state index contributed by atoms with van der Waals surface area (Å²) in [5, 5.41) is 14.8. The van der Waals surface area contributed by atoms with E-state index >= 15 is 0 Å². The summed E-state index contributed by atoms with van der Waals surface area (Å²) in [6.07, 6.45) is 0.222. The fourth-order valence-corrected chi connectivity index (χ4v) is 3.02. The van der Waals surface area contributed by atoms with Gasteiger partial charge in [0.15, 0.2) is 5.76 Å². The Morgan fingerprint density at radius 2 is 1.23 bits per heavy atom. The van der Waals surface area contributed by atoms with E-state index in [1.54, 1.807) is 6.92 Å². The molecule has 0 saturated carbocycles. The summed E-state index contributed by atoms with van der Waals surface area (Å²) < 4.78 is 11.2. The molecule has 7 heteroatoms. The van der Waals surface area contributed by atoms with Crippen molar-refractivity contribution >= 4 is 11.9 Å². The van der Waals surface area contributed by atoms with Gasteiger partial charge < -0.3 is 19.7 Å². The molecule has 0 unspecified atom stereocenters. The fraction of sp³-hybridized carbons (Fsp3) is 0.303. The van der Waals surface area contributed by atoms with Crippen molar-refractivity contribution in [3.05, 3.63) is 96.6 Å². The molecular weight excluding hydrogens is 504 g/mol. The number of carboxylic acids is 1. The molecule has 0 spiro atoms. The number of ether oxygens (including phenoxy) is 1. The summed E-state index contributed by atoms with van der Waals surface area (Å²) in [6.45, 7) is 14.3. The van der Waals surface area contributed by atoms with Gasteiger partial charge in [-0.15, -0.1) is 0 Å². The summed E-state index contributed by atoms with van der Waals surface area (Å²) in [6, 6.07) is 28.5. The van der Waals surface area contributed by atoms with Gasteiger partial charge in [0.25, 0.3) is 5.91 Å². The van der Waals surface area contributed by atoms with Gasteiger partial charge in [-0.05, 0) is 12.1 Å². The van der Waals surface area contributed by atoms with Crippen molar-refractivity contribution in [2.45, 2.75) is 54.9 Å². The van der Waals surface area contributed by atoms with E-state index in [1.807, 2.05) is 133 Å². The number of hydrogen-bond donors (Lipinski definition) is 2. The molecule has 40 heavy (non-hydrogen) atoms. The van der Waals surface area contributed by atoms with Gasteiger partial charge in [-0.1, -0.05) is 132 Å². The Kier molecular flexibility index (Phi) is 20.1. The van der Waals surface area contributed by atoms with Crippen LogP contribution in [0.3, 0.4) is 0 Å². The van der Waals surface area contributed by atoms with E-state index in [0.29, 0.717) is 30.2 Å². The Morgan fingerprint density at radius 1 is 0.775 bits per heavy atom. The topological polar surface area (TPSA) is 102 Å². The smallest absolute Gasteiger partial charge is 0.303 e. The Balaban J connectivity index is 0.00000121. The van der Waals surface area contributed by atoms with Gasteiger partial charge in [0, 0.05) is 17.5 Å². The molecule has 0 aliphatic rings. The van der Waals surface area contributed by atoms with E-state index in [1.165, 1.54) is 0 Å². The molecule has 1 heterocycles. The van der Waals surface area contributed by atoms with Crippen LogP contribution < -0.4 is 10.1 Å². The number of amides is 1. The first kappa shape index (κ1) is 35.6. The third-order valence-corrected chi connectivity index (χ3v) is 4.70. The first-order valence-corrected chi connectivity index (χ1v) is 13.9. The Morgan fingerprint density at radius 3 is 1.70 bits per heavy atom. The molecule has 3 aromatic carbocycles. The minimum Gasteiger partial charge on any atom is -0.492 e. The van der Waals surface area contributed by atoms with E-state index < -0.39 is 5.97 Å². The minimum atomic E-state index is -0.745. The van der Waals surface area contributed by atoms with Gasteiger partial charge >= 0.3 is 5.97 Å². The van der Waals surface area contributed by atoms with Crippen LogP contribution in [0.1, 0.15) is 65.2 Å². The van der Waals surface area contributed by atoms with Crippen molar-refractivity contribution in [1.29, 1.82) is 0 Å². The number of rotatable bonds is 8. The minimum absolute atomic E-state index is 0.222. The monoisotopic (exact) mass is 548 g/mol. The van der Waals surface area contributed by atoms with E-state index in [2.05, 4.69) is 10.5 Å². The molecule has 0 aliphatic carbocycles. The van der Waals surface area contributed by atoms with Gasteiger partial charge in [0.1, 0.15) is 23.6 Å². The predicted molar refractivity (Wildman–Crippen MR) is 164 cm³/mol. The fourth-order valence-electron chi connectivity index (χ4n) is 3.02. The highest BCUT2D eigenvalue weighted by atomic mass is 16.5. The maximum absolute atomic E-state index is 13.0. The van der Waals surface area contributed by atoms with Crippen molar-refractivity contribution < 1.29 is 24.0 Å². The van der Waals surface area contributed by atoms with Gasteiger partial charge in [0.05, 0.1) is 6.54 Å². The average molecular weight is 549 g/mol. The van der Waals surface area contributed by atoms with Crippen LogP contribution in [0.5, 0.6) is 5.75 Å². The third-order valence-electron chi connectivity index (χ3n) is 4.70. The third kappa shape index (κ3) is 12.4. The molecule has 4 rings (SSSR count). The van der Waals surface area contributed by atoms with Gasteiger partial charge in [-0.25, -0.2) is 0 Å². The van der Waals surface area contributed by atoms with Crippen molar-refractivity contribution in [2.24, 2.45) is 0 Å². The molecule has 0 saturated heterocycles. The van der Waals surface area contributed by atoms with Gasteiger partial charge in [-0.2, -0.15) is 0 Å². The number of aromatic nitrogens is 1. The number of aliphatic carboxylic acids is 1. The largest absolute Gasteiger partial charge is 0.492 e. The van der Waals surface area contributed by atoms with Crippen LogP contribution in [-0.4, -0.2) is 35.3 Å². The average Bonchev–Trinajstić information content (AvgIpc) is 3.49. The van der Waals surface area contributed by atoms with Gasteiger partial charge in [0.2, 0.25) is 0 Å². The molecular formula is C33H44N2O5. The molecule has 1 aromatic heterocycles. The number of nitrogens with zero attached hydrogens (tertiary/aromatic N) is 1. The molecule has 4 aromatic rings. The molecule has 0 bridgehead atoms. The number of hydrogen-bond acceptors (Lipinski definition) is 5. The zero-order valence-corrected chi connectivity index (χ0v) is 24.8. The summed E-state index contributed by atoms with van der Waals surface area (Å²) in [5.74, 6) is 0.221. The molecule has 7 nitrogen and oxygen atoms in total. The van der Waals surface area contributed by atoms with Crippen LogP contribution in [0, 0.1) is 0 Å². The maximum atomic E-state index is 13.0. The van der Waals surface area contributed by atoms with E-state index in [4.69, 9.17) is 14.4 Å². The molecule has 1 amide bonds. The van der Waals surface area contributed by atoms with Gasteiger partial charge in [-0.3, -0.25) is 9.59 Å². The zero-order valence-electron chi connectivity index (χ0n) is 24.8. The first-order chi connectivity index (χ1) is 19.6. The summed E-state index contributed by atoms with van der Waals surface area (Å²) in [4.78, 5) is 22.4. The molecule has 0 radical (unpaired) electrons. The Hall–Kier alpha value is -4.39. The predicted octanol–water partition coefficient (Wildman–Crippen LogP) is 8.38. The number of nitrogens with one attached hydrogen (secondary N) is 1. The lowest BCUT2D eigenvalue weighted by molar-refractivity contribution is -0.136. The standard InChI is InChI=1S/C24H20N2O3.C3H6O2.3C2H6/c27-24(25-16-17-28-20-14-8-3-9-15-20)21-22(18-10-4-1-5-11-18)26-29-23(21)19-12-6-2-7-13-19;1-2-3(4)5;3*1-2/h1-15H,16-17H2,(H,25,27);2H2,1H3,(H,4,5);3*1-2H3. The molecule has 0 fully saturated rings. The highest BCUT2D eigenvalue weighted by molar-refractivity contribution is 6.04. The quantitative estimate of drug-likeness (QED) is 0.214. The molecule has 2 N–H and O–H groups in total. The normalized spacial score (nSPS) is 8.97. The Bertz CT molecular complexity index is 1120. The lowest BCUT2D eigenvalue weighted by Crippen LogP contribution is -2.28. The zero-order chi connectivity index (χ0) is 30.2. The first-order valence-electron chi connectivity index (χ1n) is 13.9. The molecule has 0 atom stereocenters. The van der Waals surface area contributed by atoms with Crippen molar-refractivity contribution in [3.63, 3.8) is 0 Å². The van der Waals surface area contributed by atoms with E-state index in [0.717, 1.165) is 16.9 Å². The molecule has 216 valence electrons. The van der Waals surface area contributed by atoms with Crippen LogP contribution in [0.15, 0.2) is 95.5 Å².